The van der Waals surface area contributed by atoms with Crippen molar-refractivity contribution in [2.24, 2.45) is 11.0 Å². The molecule has 0 aliphatic heterocycles. The van der Waals surface area contributed by atoms with Crippen molar-refractivity contribution in [2.75, 3.05) is 13.7 Å². The normalized spacial score (nSPS) is 31.4. The molecule has 5 nitrogen and oxygen atoms in total. The van der Waals surface area contributed by atoms with E-state index in [0.29, 0.717) is 19.4 Å². The van der Waals surface area contributed by atoms with Crippen molar-refractivity contribution in [1.29, 1.82) is 5.53 Å². The number of nitrogens with zero attached hydrogens (tertiary/aromatic N) is 1. The van der Waals surface area contributed by atoms with Gasteiger partial charge in [0.25, 0.3) is 0 Å². The van der Waals surface area contributed by atoms with Gasteiger partial charge in [-0.15, -0.1) is 0 Å². The molecule has 14 heavy (non-hydrogen) atoms. The van der Waals surface area contributed by atoms with Gasteiger partial charge in [0.2, 0.25) is 0 Å². The van der Waals surface area contributed by atoms with Crippen molar-refractivity contribution >= 4 is 5.97 Å². The first kappa shape index (κ1) is 11.1. The van der Waals surface area contributed by atoms with Gasteiger partial charge in [-0.1, -0.05) is 0 Å². The number of rotatable bonds is 4. The van der Waals surface area contributed by atoms with Crippen LogP contribution in [0, 0.1) is 11.4 Å². The van der Waals surface area contributed by atoms with Gasteiger partial charge in [-0.25, -0.2) is 5.53 Å². The molecule has 1 aliphatic rings. The first-order valence-electron chi connectivity index (χ1n) is 4.78. The maximum atomic E-state index is 11.2. The fourth-order valence-electron chi connectivity index (χ4n) is 1.87. The van der Waals surface area contributed by atoms with E-state index in [1.807, 2.05) is 6.92 Å². The Morgan fingerprint density at radius 2 is 2.29 bits per heavy atom. The molecule has 3 atom stereocenters. The highest BCUT2D eigenvalue weighted by atomic mass is 16.5. The molecule has 0 aromatic rings. The van der Waals surface area contributed by atoms with Crippen LogP contribution in [-0.4, -0.2) is 31.8 Å². The highest BCUT2D eigenvalue weighted by Gasteiger charge is 2.39. The third-order valence-corrected chi connectivity index (χ3v) is 2.55. The Kier molecular flexibility index (Phi) is 4.00. The van der Waals surface area contributed by atoms with E-state index in [1.54, 1.807) is 0 Å². The summed E-state index contributed by atoms with van der Waals surface area (Å²) in [6, 6.07) is -0.181. The van der Waals surface area contributed by atoms with E-state index in [2.05, 4.69) is 9.85 Å². The van der Waals surface area contributed by atoms with Gasteiger partial charge in [-0.05, 0) is 19.8 Å². The highest BCUT2D eigenvalue weighted by Crippen LogP contribution is 2.31. The van der Waals surface area contributed by atoms with Crippen LogP contribution in [-0.2, 0) is 14.3 Å². The minimum Gasteiger partial charge on any atom is -0.469 e. The molecule has 5 heteroatoms. The van der Waals surface area contributed by atoms with E-state index >= 15 is 0 Å². The molecule has 1 saturated carbocycles. The number of carbonyl (C=O) groups excluding carboxylic acids is 1. The zero-order valence-corrected chi connectivity index (χ0v) is 8.53. The lowest BCUT2D eigenvalue weighted by Crippen LogP contribution is -2.20. The number of hydrogen-bond donors (Lipinski definition) is 1. The smallest absolute Gasteiger partial charge is 0.308 e. The molecule has 80 valence electrons. The Hall–Kier alpha value is -0.970. The van der Waals surface area contributed by atoms with E-state index in [-0.39, 0.29) is 24.0 Å². The first-order chi connectivity index (χ1) is 6.72. The molecule has 1 aliphatic carbocycles. The zero-order chi connectivity index (χ0) is 10.6. The summed E-state index contributed by atoms with van der Waals surface area (Å²) in [4.78, 5) is 11.2. The molecule has 0 unspecified atom stereocenters. The van der Waals surface area contributed by atoms with Gasteiger partial charge < -0.3 is 9.47 Å². The number of nitrogens with one attached hydrogen (secondary N) is 1. The van der Waals surface area contributed by atoms with Crippen LogP contribution in [0.4, 0.5) is 0 Å². The highest BCUT2D eigenvalue weighted by molar-refractivity contribution is 5.72. The Balaban J connectivity index is 2.55. The molecule has 1 rings (SSSR count). The topological polar surface area (TPSA) is 71.7 Å². The summed E-state index contributed by atoms with van der Waals surface area (Å²) in [5.74, 6) is -0.378. The Bertz CT molecular complexity index is 220. The number of methoxy groups -OCH3 is 1. The van der Waals surface area contributed by atoms with Crippen LogP contribution in [0.25, 0.3) is 0 Å². The van der Waals surface area contributed by atoms with Crippen molar-refractivity contribution in [3.8, 4) is 0 Å². The number of esters is 1. The molecule has 0 heterocycles. The molecule has 0 aromatic carbocycles. The lowest BCUT2D eigenvalue weighted by Gasteiger charge is -2.13. The van der Waals surface area contributed by atoms with Crippen LogP contribution < -0.4 is 0 Å². The average Bonchev–Trinajstić information content (AvgIpc) is 2.60. The van der Waals surface area contributed by atoms with Gasteiger partial charge in [0.1, 0.15) is 0 Å². The molecule has 0 aromatic heterocycles. The van der Waals surface area contributed by atoms with Gasteiger partial charge >= 0.3 is 5.97 Å². The molecule has 1 fully saturated rings. The molecule has 0 amide bonds. The third kappa shape index (κ3) is 2.29. The van der Waals surface area contributed by atoms with E-state index in [0.717, 1.165) is 0 Å². The third-order valence-electron chi connectivity index (χ3n) is 2.55. The summed E-state index contributed by atoms with van der Waals surface area (Å²) >= 11 is 0. The summed E-state index contributed by atoms with van der Waals surface area (Å²) in [6.07, 6.45) is 1.09. The fraction of sp³-hybridized carbons (Fsp3) is 0.889. The number of hydrogen-bond acceptors (Lipinski definition) is 5. The van der Waals surface area contributed by atoms with E-state index in [1.165, 1.54) is 7.11 Å². The zero-order valence-electron chi connectivity index (χ0n) is 8.53. The quantitative estimate of drug-likeness (QED) is 0.550. The van der Waals surface area contributed by atoms with Crippen LogP contribution in [0.15, 0.2) is 5.11 Å². The van der Waals surface area contributed by atoms with Gasteiger partial charge in [-0.3, -0.25) is 4.79 Å². The predicted octanol–water partition coefficient (Wildman–Crippen LogP) is 1.37. The Labute approximate surface area is 83.3 Å². The first-order valence-corrected chi connectivity index (χ1v) is 4.78. The molecule has 1 N–H and O–H groups in total. The van der Waals surface area contributed by atoms with Crippen molar-refractivity contribution in [3.63, 3.8) is 0 Å². The minimum absolute atomic E-state index is 0.0957. The molecule has 0 spiro atoms. The van der Waals surface area contributed by atoms with Crippen molar-refractivity contribution < 1.29 is 14.3 Å². The van der Waals surface area contributed by atoms with Gasteiger partial charge in [-0.2, -0.15) is 5.11 Å². The van der Waals surface area contributed by atoms with E-state index < -0.39 is 0 Å². The van der Waals surface area contributed by atoms with Crippen LogP contribution in [0.2, 0.25) is 0 Å². The lowest BCUT2D eigenvalue weighted by molar-refractivity contribution is -0.145. The van der Waals surface area contributed by atoms with Gasteiger partial charge in [0.15, 0.2) is 0 Å². The summed E-state index contributed by atoms with van der Waals surface area (Å²) < 4.78 is 10.1. The lowest BCUT2D eigenvalue weighted by atomic mass is 10.1. The maximum absolute atomic E-state index is 11.2. The predicted molar refractivity (Wildman–Crippen MR) is 49.1 cm³/mol. The monoisotopic (exact) mass is 200 g/mol. The van der Waals surface area contributed by atoms with Crippen LogP contribution in [0.5, 0.6) is 0 Å². The van der Waals surface area contributed by atoms with E-state index in [9.17, 15) is 4.79 Å². The van der Waals surface area contributed by atoms with Crippen LogP contribution in [0.1, 0.15) is 19.8 Å². The van der Waals surface area contributed by atoms with Crippen molar-refractivity contribution in [1.82, 2.24) is 0 Å². The SMILES string of the molecule is CCO[C@H]1C[C@H](C(=O)OC)C[C@@H]1N=N. The minimum atomic E-state index is -0.221. The van der Waals surface area contributed by atoms with Gasteiger partial charge in [0, 0.05) is 6.61 Å². The number of ether oxygens (including phenoxy) is 2. The Morgan fingerprint density at radius 3 is 2.79 bits per heavy atom. The van der Waals surface area contributed by atoms with Crippen molar-refractivity contribution in [3.05, 3.63) is 0 Å². The second-order valence-electron chi connectivity index (χ2n) is 3.38. The molecule has 0 radical (unpaired) electrons. The summed E-state index contributed by atoms with van der Waals surface area (Å²) in [5, 5.41) is 3.47. The van der Waals surface area contributed by atoms with Crippen molar-refractivity contribution in [2.45, 2.75) is 31.9 Å². The van der Waals surface area contributed by atoms with Crippen LogP contribution in [0.3, 0.4) is 0 Å². The standard InChI is InChI=1S/C9H16N2O3/c1-3-14-8-5-6(9(12)13-2)4-7(8)11-10/h6-8,10H,3-5H2,1-2H3/t6-,7+,8+/m1/s1. The molecular formula is C9H16N2O3. The van der Waals surface area contributed by atoms with E-state index in [4.69, 9.17) is 10.3 Å². The Morgan fingerprint density at radius 1 is 1.57 bits per heavy atom. The summed E-state index contributed by atoms with van der Waals surface area (Å²) in [7, 11) is 1.38. The molecular weight excluding hydrogens is 184 g/mol. The molecule has 0 bridgehead atoms. The number of carbonyl (C=O) groups is 1. The fourth-order valence-corrected chi connectivity index (χ4v) is 1.87. The largest absolute Gasteiger partial charge is 0.469 e. The van der Waals surface area contributed by atoms with Crippen LogP contribution >= 0.6 is 0 Å². The molecule has 0 saturated heterocycles. The van der Waals surface area contributed by atoms with Gasteiger partial charge in [0.05, 0.1) is 25.2 Å². The second-order valence-corrected chi connectivity index (χ2v) is 3.38. The summed E-state index contributed by atoms with van der Waals surface area (Å²) in [6.45, 7) is 2.48. The summed E-state index contributed by atoms with van der Waals surface area (Å²) in [5.41, 5.74) is 6.99. The second kappa shape index (κ2) is 5.05. The maximum Gasteiger partial charge on any atom is 0.308 e. The average molecular weight is 200 g/mol.